The summed E-state index contributed by atoms with van der Waals surface area (Å²) >= 11 is 0. The molecule has 11 heteroatoms. The minimum absolute atomic E-state index is 0. The Balaban J connectivity index is 0.00000511. The average Bonchev–Trinajstić information content (AvgIpc) is 3.37. The van der Waals surface area contributed by atoms with Crippen molar-refractivity contribution in [2.45, 2.75) is 56.5 Å². The van der Waals surface area contributed by atoms with Crippen LogP contribution in [0.4, 0.5) is 0 Å². The van der Waals surface area contributed by atoms with Crippen LogP contribution in [0, 0.1) is 23.7 Å². The van der Waals surface area contributed by atoms with Crippen molar-refractivity contribution >= 4 is 32.6 Å². The minimum atomic E-state index is -0.385. The molecule has 0 spiro atoms. The molecule has 66 heavy (non-hydrogen) atoms. The number of aromatic nitrogens is 4. The molecule has 7 aromatic rings. The number of benzene rings is 4. The van der Waals surface area contributed by atoms with Crippen molar-refractivity contribution in [3.63, 3.8) is 0 Å². The van der Waals surface area contributed by atoms with Gasteiger partial charge in [0.15, 0.2) is 6.10 Å². The Morgan fingerprint density at radius 1 is 0.682 bits per heavy atom. The number of nitrogens with zero attached hydrogens (tertiary/aromatic N) is 6. The molecule has 9 heterocycles. The van der Waals surface area contributed by atoms with Crippen LogP contribution in [0.5, 0.6) is 23.3 Å². The highest BCUT2D eigenvalue weighted by atomic mass is 79.9. The fourth-order valence-electron chi connectivity index (χ4n) is 12.2. The third kappa shape index (κ3) is 7.88. The predicted octanol–water partition coefficient (Wildman–Crippen LogP) is 7.50. The minimum Gasteiger partial charge on any atom is -1.00 e. The molecule has 13 rings (SSSR count). The highest BCUT2D eigenvalue weighted by Gasteiger charge is 2.55. The first kappa shape index (κ1) is 44.0. The molecule has 4 aromatic carbocycles. The van der Waals surface area contributed by atoms with E-state index >= 15 is 0 Å². The molecule has 0 radical (unpaired) electrons. The lowest BCUT2D eigenvalue weighted by atomic mass is 9.71. The van der Waals surface area contributed by atoms with Gasteiger partial charge in [-0.3, -0.25) is 14.9 Å². The Morgan fingerprint density at radius 2 is 1.27 bits per heavy atom. The topological polar surface area (TPSA) is 91.7 Å². The van der Waals surface area contributed by atoms with Crippen LogP contribution in [0.2, 0.25) is 0 Å². The van der Waals surface area contributed by atoms with Gasteiger partial charge in [0.05, 0.1) is 55.2 Å². The third-order valence-corrected chi connectivity index (χ3v) is 15.5. The lowest BCUT2D eigenvalue weighted by Gasteiger charge is -2.58. The monoisotopic (exact) mass is 944 g/mol. The largest absolute Gasteiger partial charge is 1.00 e. The van der Waals surface area contributed by atoms with E-state index in [2.05, 4.69) is 96.9 Å². The molecule has 0 N–H and O–H groups in total. The summed E-state index contributed by atoms with van der Waals surface area (Å²) in [6.07, 6.45) is 11.7. The first-order valence-corrected chi connectivity index (χ1v) is 23.3. The first-order chi connectivity index (χ1) is 31.9. The maximum atomic E-state index is 7.55. The number of halogens is 1. The number of piperidine rings is 6. The third-order valence-electron chi connectivity index (χ3n) is 15.5. The van der Waals surface area contributed by atoms with Crippen LogP contribution >= 0.6 is 0 Å². The van der Waals surface area contributed by atoms with Gasteiger partial charge in [-0.05, 0) is 97.8 Å². The Hall–Kier alpha value is -5.88. The predicted molar refractivity (Wildman–Crippen MR) is 255 cm³/mol. The molecule has 6 saturated heterocycles. The smallest absolute Gasteiger partial charge is 0.242 e. The fraction of sp³-hybridized carbons (Fsp3) is 0.345. The van der Waals surface area contributed by atoms with Gasteiger partial charge in [-0.15, -0.1) is 23.4 Å². The molecule has 338 valence electrons. The number of methoxy groups -OCH3 is 2. The summed E-state index contributed by atoms with van der Waals surface area (Å²) in [6.45, 7) is 13.5. The van der Waals surface area contributed by atoms with Gasteiger partial charge in [0.25, 0.3) is 0 Å². The second kappa shape index (κ2) is 18.4. The first-order valence-electron chi connectivity index (χ1n) is 23.3. The number of hydrogen-bond donors (Lipinski definition) is 0. The molecule has 4 bridgehead atoms. The lowest BCUT2D eigenvalue weighted by Crippen LogP contribution is -3.00. The van der Waals surface area contributed by atoms with Gasteiger partial charge in [0.1, 0.15) is 30.2 Å². The zero-order valence-corrected chi connectivity index (χ0v) is 39.3. The normalized spacial score (nSPS) is 26.3. The Morgan fingerprint density at radius 3 is 1.86 bits per heavy atom. The van der Waals surface area contributed by atoms with E-state index in [1.54, 1.807) is 14.2 Å². The maximum absolute atomic E-state index is 7.55. The van der Waals surface area contributed by atoms with Gasteiger partial charge in [-0.25, -0.2) is 0 Å². The zero-order valence-electron chi connectivity index (χ0n) is 37.7. The standard InChI is InChI=1S/C55H57N6O4.BrH/c1-5-36-32-60-26-22-38(36)28-50(60)52(42-20-24-56-48-18-16-40(62-3)30-46(42)48)64-54-44-14-10-11-15-45(44)55(59-58-54)65-53(43-21-25-57-49-19-17-41(63-4)31-47(43)49)51-29-39-23-27-61(51,34-37(39)6-2)33-35-12-8-7-9-13-35;/h5-21,24-25,30-31,36-39,50-53H,1-2,22-23,26-29,32-34H2,3-4H3;1H/q+1;/p-1/t36-,37-,38-,39-,50+,51-,52+,53+,61?;/m0./s1. The summed E-state index contributed by atoms with van der Waals surface area (Å²) in [7, 11) is 3.42. The van der Waals surface area contributed by atoms with E-state index in [1.807, 2.05) is 48.8 Å². The molecule has 6 fully saturated rings. The lowest BCUT2D eigenvalue weighted by molar-refractivity contribution is -0.984. The number of pyridine rings is 2. The molecule has 6 aliphatic rings. The van der Waals surface area contributed by atoms with Crippen molar-refractivity contribution in [3.05, 3.63) is 158 Å². The summed E-state index contributed by atoms with van der Waals surface area (Å²) in [5.41, 5.74) is 5.23. The molecular weight excluding hydrogens is 889 g/mol. The van der Waals surface area contributed by atoms with E-state index in [4.69, 9.17) is 39.1 Å². The Bertz CT molecular complexity index is 2900. The van der Waals surface area contributed by atoms with E-state index < -0.39 is 0 Å². The molecule has 6 aliphatic heterocycles. The molecular formula is C55H57BrN6O4. The van der Waals surface area contributed by atoms with Crippen LogP contribution in [-0.4, -0.2) is 82.0 Å². The van der Waals surface area contributed by atoms with Crippen LogP contribution in [0.1, 0.15) is 54.6 Å². The molecule has 2 unspecified atom stereocenters. The van der Waals surface area contributed by atoms with Crippen molar-refractivity contribution < 1.29 is 40.4 Å². The van der Waals surface area contributed by atoms with Gasteiger partial charge in [-0.2, -0.15) is 0 Å². The van der Waals surface area contributed by atoms with Gasteiger partial charge in [-0.1, -0.05) is 54.6 Å². The molecule has 0 amide bonds. The molecule has 10 nitrogen and oxygen atoms in total. The highest BCUT2D eigenvalue weighted by molar-refractivity contribution is 5.91. The number of quaternary nitrogens is 1. The number of rotatable bonds is 14. The average molecular weight is 946 g/mol. The van der Waals surface area contributed by atoms with Crippen LogP contribution in [0.3, 0.4) is 0 Å². The van der Waals surface area contributed by atoms with E-state index in [-0.39, 0.29) is 41.3 Å². The molecule has 10 atom stereocenters. The molecule has 0 aliphatic carbocycles. The van der Waals surface area contributed by atoms with E-state index in [0.717, 1.165) is 118 Å². The van der Waals surface area contributed by atoms with Gasteiger partial charge >= 0.3 is 0 Å². The highest BCUT2D eigenvalue weighted by Crippen LogP contribution is 2.50. The Kier molecular flexibility index (Phi) is 12.3. The van der Waals surface area contributed by atoms with E-state index in [9.17, 15) is 0 Å². The quantitative estimate of drug-likeness (QED) is 0.0813. The van der Waals surface area contributed by atoms with Gasteiger partial charge < -0.3 is 40.4 Å². The Labute approximate surface area is 397 Å². The SMILES string of the molecule is C=C[C@H]1CN2CC[C@H]1C[C@@H]2[C@H](Oc1nnc(O[C@H](c2ccnc3ccc(OC)cc23)[C@@H]2C[C@@H]3CC[N+]2(Cc2ccccc2)C[C@@H]3C=C)c2ccccc12)c1ccnc2ccc(OC)cc12.[Br-]. The number of ether oxygens (including phenoxy) is 4. The zero-order chi connectivity index (χ0) is 44.1. The van der Waals surface area contributed by atoms with Crippen molar-refractivity contribution in [1.29, 1.82) is 0 Å². The fourth-order valence-corrected chi connectivity index (χ4v) is 12.2. The van der Waals surface area contributed by atoms with Crippen LogP contribution in [0.25, 0.3) is 32.6 Å². The van der Waals surface area contributed by atoms with Gasteiger partial charge in [0.2, 0.25) is 11.8 Å². The molecule has 3 aromatic heterocycles. The van der Waals surface area contributed by atoms with Crippen molar-refractivity contribution in [3.8, 4) is 23.3 Å². The molecule has 0 saturated carbocycles. The van der Waals surface area contributed by atoms with Crippen molar-refractivity contribution in [2.24, 2.45) is 23.7 Å². The van der Waals surface area contributed by atoms with E-state index in [0.29, 0.717) is 35.4 Å². The summed E-state index contributed by atoms with van der Waals surface area (Å²) in [4.78, 5) is 12.2. The maximum Gasteiger partial charge on any atom is 0.242 e. The second-order valence-electron chi connectivity index (χ2n) is 18.8. The van der Waals surface area contributed by atoms with Gasteiger partial charge in [0, 0.05) is 65.2 Å². The number of hydrogen-bond acceptors (Lipinski definition) is 9. The summed E-state index contributed by atoms with van der Waals surface area (Å²) in [6, 6.07) is 35.8. The van der Waals surface area contributed by atoms with E-state index in [1.165, 1.54) is 5.56 Å². The van der Waals surface area contributed by atoms with Crippen LogP contribution in [0.15, 0.2) is 141 Å². The number of fused-ring (bicyclic) bond motifs is 9. The van der Waals surface area contributed by atoms with Crippen LogP contribution in [-0.2, 0) is 6.54 Å². The summed E-state index contributed by atoms with van der Waals surface area (Å²) in [5, 5.41) is 13.7. The summed E-state index contributed by atoms with van der Waals surface area (Å²) in [5.74, 6) is 4.46. The van der Waals surface area contributed by atoms with Crippen molar-refractivity contribution in [1.82, 2.24) is 25.1 Å². The summed E-state index contributed by atoms with van der Waals surface area (Å²) < 4.78 is 27.3. The van der Waals surface area contributed by atoms with Crippen molar-refractivity contribution in [2.75, 3.05) is 40.4 Å². The second-order valence-corrected chi connectivity index (χ2v) is 18.8. The van der Waals surface area contributed by atoms with Crippen LogP contribution < -0.4 is 35.9 Å².